The number of fused-ring (bicyclic) bond motifs is 1. The second kappa shape index (κ2) is 7.43. The SMILES string of the molecule is Cc1ccc(S(=O)(=O)n2cc(Oc3ccc([N+](=O)[O-])cc3F)c3cc(F)cnc32)cc1. The predicted molar refractivity (Wildman–Crippen MR) is 107 cm³/mol. The highest BCUT2D eigenvalue weighted by Crippen LogP contribution is 2.35. The number of non-ortho nitro benzene ring substituents is 1. The van der Waals surface area contributed by atoms with Crippen molar-refractivity contribution in [3.8, 4) is 11.5 Å². The van der Waals surface area contributed by atoms with E-state index in [9.17, 15) is 27.3 Å². The molecule has 158 valence electrons. The summed E-state index contributed by atoms with van der Waals surface area (Å²) in [5, 5.41) is 10.8. The third kappa shape index (κ3) is 3.70. The first-order chi connectivity index (χ1) is 14.7. The Labute approximate surface area is 174 Å². The number of aromatic nitrogens is 2. The molecule has 4 aromatic rings. The quantitative estimate of drug-likeness (QED) is 0.329. The first-order valence-electron chi connectivity index (χ1n) is 8.77. The van der Waals surface area contributed by atoms with Crippen LogP contribution in [0, 0.1) is 28.7 Å². The van der Waals surface area contributed by atoms with Crippen molar-refractivity contribution in [3.63, 3.8) is 0 Å². The second-order valence-corrected chi connectivity index (χ2v) is 8.42. The van der Waals surface area contributed by atoms with Crippen molar-refractivity contribution in [2.45, 2.75) is 11.8 Å². The average Bonchev–Trinajstić information content (AvgIpc) is 3.08. The number of rotatable bonds is 5. The second-order valence-electron chi connectivity index (χ2n) is 6.61. The maximum Gasteiger partial charge on any atom is 0.272 e. The van der Waals surface area contributed by atoms with Gasteiger partial charge in [0.1, 0.15) is 5.82 Å². The zero-order chi connectivity index (χ0) is 22.3. The molecule has 0 unspecified atom stereocenters. The molecule has 11 heteroatoms. The topological polar surface area (TPSA) is 104 Å². The molecular weight excluding hydrogens is 432 g/mol. The number of benzene rings is 2. The smallest absolute Gasteiger partial charge is 0.272 e. The van der Waals surface area contributed by atoms with Gasteiger partial charge in [0, 0.05) is 6.07 Å². The van der Waals surface area contributed by atoms with Crippen molar-refractivity contribution in [2.75, 3.05) is 0 Å². The number of hydrogen-bond donors (Lipinski definition) is 0. The standard InChI is InChI=1S/C20H13F2N3O5S/c1-12-2-5-15(6-3-12)31(28,29)24-11-19(16-8-13(21)10-23-20(16)24)30-18-7-4-14(25(26)27)9-17(18)22/h2-11H,1H3. The number of nitro groups is 1. The summed E-state index contributed by atoms with van der Waals surface area (Å²) in [5.41, 5.74) is 0.246. The molecule has 0 aliphatic carbocycles. The van der Waals surface area contributed by atoms with Crippen molar-refractivity contribution in [2.24, 2.45) is 0 Å². The third-order valence-electron chi connectivity index (χ3n) is 4.47. The van der Waals surface area contributed by atoms with Gasteiger partial charge >= 0.3 is 0 Å². The van der Waals surface area contributed by atoms with E-state index in [0.29, 0.717) is 6.07 Å². The van der Waals surface area contributed by atoms with Crippen LogP contribution >= 0.6 is 0 Å². The van der Waals surface area contributed by atoms with E-state index in [1.54, 1.807) is 19.1 Å². The van der Waals surface area contributed by atoms with Crippen LogP contribution in [0.3, 0.4) is 0 Å². The molecule has 0 amide bonds. The Morgan fingerprint density at radius 2 is 1.77 bits per heavy atom. The number of halogens is 2. The van der Waals surface area contributed by atoms with Gasteiger partial charge in [-0.2, -0.15) is 0 Å². The molecule has 0 atom stereocenters. The Kier molecular flexibility index (Phi) is 4.90. The summed E-state index contributed by atoms with van der Waals surface area (Å²) in [4.78, 5) is 13.8. The van der Waals surface area contributed by atoms with Gasteiger partial charge in [-0.3, -0.25) is 10.1 Å². The fraction of sp³-hybridized carbons (Fsp3) is 0.0500. The summed E-state index contributed by atoms with van der Waals surface area (Å²) in [6.45, 7) is 1.80. The van der Waals surface area contributed by atoms with Crippen LogP contribution in [0.1, 0.15) is 5.56 Å². The van der Waals surface area contributed by atoms with Crippen LogP contribution in [0.2, 0.25) is 0 Å². The van der Waals surface area contributed by atoms with Crippen LogP contribution < -0.4 is 4.74 Å². The lowest BCUT2D eigenvalue weighted by Gasteiger charge is -2.07. The highest BCUT2D eigenvalue weighted by molar-refractivity contribution is 7.90. The normalized spacial score (nSPS) is 11.6. The summed E-state index contributed by atoms with van der Waals surface area (Å²) >= 11 is 0. The fourth-order valence-electron chi connectivity index (χ4n) is 2.92. The van der Waals surface area contributed by atoms with E-state index < -0.39 is 38.0 Å². The molecule has 0 saturated heterocycles. The lowest BCUT2D eigenvalue weighted by molar-refractivity contribution is -0.385. The number of ether oxygens (including phenoxy) is 1. The van der Waals surface area contributed by atoms with Gasteiger partial charge in [0.05, 0.1) is 33.7 Å². The van der Waals surface area contributed by atoms with E-state index in [4.69, 9.17) is 4.74 Å². The molecule has 8 nitrogen and oxygen atoms in total. The molecule has 0 aliphatic rings. The van der Waals surface area contributed by atoms with E-state index in [-0.39, 0.29) is 21.7 Å². The molecule has 2 aromatic heterocycles. The Balaban J connectivity index is 1.85. The van der Waals surface area contributed by atoms with Gasteiger partial charge in [0.25, 0.3) is 15.7 Å². The van der Waals surface area contributed by atoms with Crippen LogP contribution in [-0.4, -0.2) is 22.3 Å². The number of nitro benzene ring substituents is 1. The lowest BCUT2D eigenvalue weighted by atomic mass is 10.2. The molecule has 4 rings (SSSR count). The zero-order valence-electron chi connectivity index (χ0n) is 15.8. The minimum Gasteiger partial charge on any atom is -0.452 e. The maximum atomic E-state index is 14.3. The third-order valence-corrected chi connectivity index (χ3v) is 6.13. The molecule has 0 radical (unpaired) electrons. The van der Waals surface area contributed by atoms with Crippen molar-refractivity contribution < 1.29 is 26.9 Å². The summed E-state index contributed by atoms with van der Waals surface area (Å²) < 4.78 is 60.6. The minimum atomic E-state index is -4.13. The fourth-order valence-corrected chi connectivity index (χ4v) is 4.23. The zero-order valence-corrected chi connectivity index (χ0v) is 16.6. The molecule has 0 fully saturated rings. The van der Waals surface area contributed by atoms with Gasteiger partial charge < -0.3 is 4.74 Å². The average molecular weight is 445 g/mol. The van der Waals surface area contributed by atoms with Gasteiger partial charge in [-0.25, -0.2) is 26.2 Å². The molecule has 0 saturated carbocycles. The van der Waals surface area contributed by atoms with Crippen molar-refractivity contribution >= 4 is 26.7 Å². The number of hydrogen-bond acceptors (Lipinski definition) is 6. The van der Waals surface area contributed by atoms with E-state index in [0.717, 1.165) is 40.1 Å². The predicted octanol–water partition coefficient (Wildman–Crippen LogP) is 4.56. The van der Waals surface area contributed by atoms with Gasteiger partial charge in [-0.05, 0) is 31.2 Å². The minimum absolute atomic E-state index is 0.0200. The monoisotopic (exact) mass is 445 g/mol. The van der Waals surface area contributed by atoms with Crippen LogP contribution in [0.5, 0.6) is 11.5 Å². The van der Waals surface area contributed by atoms with E-state index >= 15 is 0 Å². The Hall–Kier alpha value is -3.86. The number of nitrogens with zero attached hydrogens (tertiary/aromatic N) is 3. The first-order valence-corrected chi connectivity index (χ1v) is 10.2. The first kappa shape index (κ1) is 20.4. The van der Waals surface area contributed by atoms with Crippen molar-refractivity contribution in [1.29, 1.82) is 0 Å². The largest absolute Gasteiger partial charge is 0.452 e. The Morgan fingerprint density at radius 1 is 1.06 bits per heavy atom. The van der Waals surface area contributed by atoms with Gasteiger partial charge in [-0.1, -0.05) is 17.7 Å². The molecular formula is C20H13F2N3O5S. The molecule has 0 bridgehead atoms. The Morgan fingerprint density at radius 3 is 2.42 bits per heavy atom. The van der Waals surface area contributed by atoms with Crippen LogP contribution in [-0.2, 0) is 10.0 Å². The lowest BCUT2D eigenvalue weighted by Crippen LogP contribution is -2.12. The summed E-state index contributed by atoms with van der Waals surface area (Å²) in [7, 11) is -4.13. The van der Waals surface area contributed by atoms with Crippen molar-refractivity contribution in [1.82, 2.24) is 8.96 Å². The van der Waals surface area contributed by atoms with E-state index in [2.05, 4.69) is 4.98 Å². The van der Waals surface area contributed by atoms with Crippen LogP contribution in [0.4, 0.5) is 14.5 Å². The Bertz CT molecular complexity index is 1430. The molecule has 2 heterocycles. The van der Waals surface area contributed by atoms with E-state index in [1.165, 1.54) is 12.1 Å². The maximum absolute atomic E-state index is 14.3. The number of pyridine rings is 1. The molecule has 2 aromatic carbocycles. The van der Waals surface area contributed by atoms with Crippen LogP contribution in [0.15, 0.2) is 65.8 Å². The van der Waals surface area contributed by atoms with Crippen LogP contribution in [0.25, 0.3) is 11.0 Å². The summed E-state index contributed by atoms with van der Waals surface area (Å²) in [5.74, 6) is -2.39. The van der Waals surface area contributed by atoms with E-state index in [1.807, 2.05) is 0 Å². The van der Waals surface area contributed by atoms with Gasteiger partial charge in [0.2, 0.25) is 0 Å². The highest BCUT2D eigenvalue weighted by atomic mass is 32.2. The van der Waals surface area contributed by atoms with Crippen molar-refractivity contribution in [3.05, 3.63) is 88.2 Å². The molecule has 0 N–H and O–H groups in total. The molecule has 31 heavy (non-hydrogen) atoms. The highest BCUT2D eigenvalue weighted by Gasteiger charge is 2.24. The number of aryl methyl sites for hydroxylation is 1. The van der Waals surface area contributed by atoms with Gasteiger partial charge in [-0.15, -0.1) is 0 Å². The molecule has 0 spiro atoms. The summed E-state index contributed by atoms with van der Waals surface area (Å²) in [6.07, 6.45) is 1.90. The van der Waals surface area contributed by atoms with Gasteiger partial charge in [0.15, 0.2) is 23.0 Å². The molecule has 0 aliphatic heterocycles. The summed E-state index contributed by atoms with van der Waals surface area (Å²) in [6, 6.07) is 9.79.